The van der Waals surface area contributed by atoms with Crippen LogP contribution in [0.4, 0.5) is 0 Å². The van der Waals surface area contributed by atoms with Crippen molar-refractivity contribution in [1.29, 1.82) is 0 Å². The maximum absolute atomic E-state index is 6.18. The van der Waals surface area contributed by atoms with E-state index < -0.39 is 0 Å². The molecule has 1 aromatic carbocycles. The first kappa shape index (κ1) is 17.3. The number of rotatable bonds is 4. The first-order valence-corrected chi connectivity index (χ1v) is 9.07. The smallest absolute Gasteiger partial charge is 0.0548 e. The number of nitrogens with zero attached hydrogens (tertiary/aromatic N) is 1. The molecule has 1 N–H and O–H groups in total. The van der Waals surface area contributed by atoms with Crippen LogP contribution in [0.15, 0.2) is 22.7 Å². The molecule has 2 nitrogen and oxygen atoms in total. The van der Waals surface area contributed by atoms with Gasteiger partial charge < -0.3 is 5.32 Å². The van der Waals surface area contributed by atoms with E-state index in [1.165, 1.54) is 31.4 Å². The predicted molar refractivity (Wildman–Crippen MR) is 95.0 cm³/mol. The minimum Gasteiger partial charge on any atom is -0.319 e. The quantitative estimate of drug-likeness (QED) is 0.809. The van der Waals surface area contributed by atoms with E-state index in [0.29, 0.717) is 18.0 Å². The summed E-state index contributed by atoms with van der Waals surface area (Å²) in [6.45, 7) is 6.86. The molecule has 0 radical (unpaired) electrons. The molecule has 2 atom stereocenters. The summed E-state index contributed by atoms with van der Waals surface area (Å²) in [6.07, 6.45) is 3.90. The maximum Gasteiger partial charge on any atom is 0.0548 e. The summed E-state index contributed by atoms with van der Waals surface area (Å²) in [5.74, 6) is 0.646. The van der Waals surface area contributed by atoms with Crippen LogP contribution in [0, 0.1) is 5.92 Å². The van der Waals surface area contributed by atoms with Crippen LogP contribution in [0.1, 0.15) is 44.7 Å². The summed E-state index contributed by atoms with van der Waals surface area (Å²) in [6, 6.07) is 7.44. The third-order valence-corrected chi connectivity index (χ3v) is 5.67. The molecule has 1 aliphatic rings. The van der Waals surface area contributed by atoms with Gasteiger partial charge in [0.25, 0.3) is 0 Å². The summed E-state index contributed by atoms with van der Waals surface area (Å²) in [5, 5.41) is 4.17. The van der Waals surface area contributed by atoms with Gasteiger partial charge in [-0.3, -0.25) is 4.90 Å². The van der Waals surface area contributed by atoms with Crippen molar-refractivity contribution in [2.45, 2.75) is 45.2 Å². The fraction of sp³-hybridized carbons (Fsp3) is 0.647. The Morgan fingerprint density at radius 2 is 2.14 bits per heavy atom. The lowest BCUT2D eigenvalue weighted by atomic mass is 9.88. The van der Waals surface area contributed by atoms with E-state index in [4.69, 9.17) is 11.6 Å². The van der Waals surface area contributed by atoms with Crippen LogP contribution in [0.5, 0.6) is 0 Å². The molecule has 1 fully saturated rings. The van der Waals surface area contributed by atoms with Crippen molar-refractivity contribution in [1.82, 2.24) is 10.2 Å². The highest BCUT2D eigenvalue weighted by Crippen LogP contribution is 2.38. The zero-order chi connectivity index (χ0) is 15.4. The Hall–Kier alpha value is -0.0900. The molecule has 0 aliphatic carbocycles. The summed E-state index contributed by atoms with van der Waals surface area (Å²) in [4.78, 5) is 2.66. The Morgan fingerprint density at radius 1 is 1.38 bits per heavy atom. The highest BCUT2D eigenvalue weighted by atomic mass is 79.9. The topological polar surface area (TPSA) is 15.3 Å². The van der Waals surface area contributed by atoms with Gasteiger partial charge in [-0.15, -0.1) is 0 Å². The number of hydrogen-bond acceptors (Lipinski definition) is 2. The Kier molecular flexibility index (Phi) is 6.54. The van der Waals surface area contributed by atoms with Crippen molar-refractivity contribution in [3.05, 3.63) is 33.3 Å². The lowest BCUT2D eigenvalue weighted by molar-refractivity contribution is 0.118. The first-order chi connectivity index (χ1) is 10.0. The summed E-state index contributed by atoms with van der Waals surface area (Å²) in [7, 11) is 2.06. The molecule has 2 unspecified atom stereocenters. The van der Waals surface area contributed by atoms with Crippen LogP contribution in [-0.4, -0.2) is 31.1 Å². The van der Waals surface area contributed by atoms with E-state index in [2.05, 4.69) is 59.2 Å². The minimum atomic E-state index is 0.466. The maximum atomic E-state index is 6.18. The zero-order valence-corrected chi connectivity index (χ0v) is 15.5. The molecule has 1 aliphatic heterocycles. The molecule has 21 heavy (non-hydrogen) atoms. The van der Waals surface area contributed by atoms with Gasteiger partial charge in [-0.25, -0.2) is 0 Å². The van der Waals surface area contributed by atoms with Gasteiger partial charge >= 0.3 is 0 Å². The predicted octanol–water partition coefficient (Wildman–Crippen LogP) is 4.87. The van der Waals surface area contributed by atoms with Crippen LogP contribution in [-0.2, 0) is 0 Å². The Bertz CT molecular complexity index is 464. The third-order valence-electron chi connectivity index (χ3n) is 4.46. The van der Waals surface area contributed by atoms with Gasteiger partial charge in [0.15, 0.2) is 0 Å². The van der Waals surface area contributed by atoms with Gasteiger partial charge in [0.05, 0.1) is 5.02 Å². The number of likely N-dealkylation sites (tertiary alicyclic amines) is 1. The van der Waals surface area contributed by atoms with Crippen LogP contribution in [0.2, 0.25) is 5.02 Å². The number of benzene rings is 1. The molecule has 118 valence electrons. The summed E-state index contributed by atoms with van der Waals surface area (Å²) < 4.78 is 0.998. The van der Waals surface area contributed by atoms with Gasteiger partial charge in [-0.1, -0.05) is 24.1 Å². The summed E-state index contributed by atoms with van der Waals surface area (Å²) in [5.41, 5.74) is 1.38. The Labute approximate surface area is 142 Å². The largest absolute Gasteiger partial charge is 0.319 e. The monoisotopic (exact) mass is 372 g/mol. The van der Waals surface area contributed by atoms with Crippen molar-refractivity contribution in [3.8, 4) is 0 Å². The van der Waals surface area contributed by atoms with Crippen LogP contribution in [0.3, 0.4) is 0 Å². The molecule has 2 rings (SSSR count). The van der Waals surface area contributed by atoms with E-state index >= 15 is 0 Å². The zero-order valence-electron chi connectivity index (χ0n) is 13.2. The summed E-state index contributed by atoms with van der Waals surface area (Å²) >= 11 is 9.76. The molecular weight excluding hydrogens is 348 g/mol. The SMILES string of the molecule is CNCC1CCCCN(C(C)C)C1c1ccc(Cl)c(Br)c1. The van der Waals surface area contributed by atoms with E-state index in [9.17, 15) is 0 Å². The number of hydrogen-bond donors (Lipinski definition) is 1. The van der Waals surface area contributed by atoms with Gasteiger partial charge in [0.1, 0.15) is 0 Å². The fourth-order valence-electron chi connectivity index (χ4n) is 3.48. The van der Waals surface area contributed by atoms with E-state index in [1.807, 2.05) is 6.07 Å². The molecule has 0 spiro atoms. The number of halogens is 2. The van der Waals surface area contributed by atoms with Crippen LogP contribution >= 0.6 is 27.5 Å². The average molecular weight is 374 g/mol. The first-order valence-electron chi connectivity index (χ1n) is 7.90. The molecule has 0 amide bonds. The molecule has 0 saturated carbocycles. The second kappa shape index (κ2) is 7.96. The van der Waals surface area contributed by atoms with Crippen molar-refractivity contribution in [2.24, 2.45) is 5.92 Å². The fourth-order valence-corrected chi connectivity index (χ4v) is 4.00. The molecule has 1 saturated heterocycles. The molecule has 1 aromatic rings. The highest BCUT2D eigenvalue weighted by molar-refractivity contribution is 9.10. The van der Waals surface area contributed by atoms with Crippen LogP contribution in [0.25, 0.3) is 0 Å². The molecule has 1 heterocycles. The molecule has 0 bridgehead atoms. The molecular formula is C17H26BrClN2. The average Bonchev–Trinajstić information content (AvgIpc) is 2.65. The second-order valence-electron chi connectivity index (χ2n) is 6.26. The molecule has 4 heteroatoms. The Balaban J connectivity index is 2.39. The normalized spacial score (nSPS) is 24.3. The van der Waals surface area contributed by atoms with Crippen molar-refractivity contribution < 1.29 is 0 Å². The van der Waals surface area contributed by atoms with Crippen molar-refractivity contribution in [2.75, 3.05) is 20.1 Å². The third kappa shape index (κ3) is 4.22. The minimum absolute atomic E-state index is 0.466. The second-order valence-corrected chi connectivity index (χ2v) is 7.53. The lowest BCUT2D eigenvalue weighted by Gasteiger charge is -2.38. The van der Waals surface area contributed by atoms with Crippen molar-refractivity contribution >= 4 is 27.5 Å². The number of nitrogens with one attached hydrogen (secondary N) is 1. The Morgan fingerprint density at radius 3 is 2.76 bits per heavy atom. The highest BCUT2D eigenvalue weighted by Gasteiger charge is 2.32. The molecule has 0 aromatic heterocycles. The van der Waals surface area contributed by atoms with Gasteiger partial charge in [0.2, 0.25) is 0 Å². The lowest BCUT2D eigenvalue weighted by Crippen LogP contribution is -2.40. The van der Waals surface area contributed by atoms with E-state index in [0.717, 1.165) is 16.0 Å². The van der Waals surface area contributed by atoms with Gasteiger partial charge in [0, 0.05) is 16.6 Å². The van der Waals surface area contributed by atoms with Gasteiger partial charge in [-0.2, -0.15) is 0 Å². The van der Waals surface area contributed by atoms with E-state index in [-0.39, 0.29) is 0 Å². The van der Waals surface area contributed by atoms with Gasteiger partial charge in [-0.05, 0) is 86.4 Å². The van der Waals surface area contributed by atoms with Crippen molar-refractivity contribution in [3.63, 3.8) is 0 Å². The van der Waals surface area contributed by atoms with E-state index in [1.54, 1.807) is 0 Å². The van der Waals surface area contributed by atoms with Crippen LogP contribution < -0.4 is 5.32 Å². The standard InChI is InChI=1S/C17H26BrClN2/c1-12(2)21-9-5-4-6-14(11-20-3)17(21)13-7-8-16(19)15(18)10-13/h7-8,10,12,14,17,20H,4-6,9,11H2,1-3H3.